The number of amides is 1. The number of nitrogens with zero attached hydrogens (tertiary/aromatic N) is 1. The van der Waals surface area contributed by atoms with E-state index < -0.39 is 12.0 Å². The molecular formula is C21H27NO3S. The summed E-state index contributed by atoms with van der Waals surface area (Å²) < 4.78 is 0. The van der Waals surface area contributed by atoms with Gasteiger partial charge in [0.25, 0.3) is 5.91 Å². The van der Waals surface area contributed by atoms with Crippen molar-refractivity contribution in [2.75, 3.05) is 5.75 Å². The Labute approximate surface area is 159 Å². The number of carboxylic acid groups (broad SMARTS) is 1. The Bertz CT molecular complexity index is 688. The number of benzene rings is 1. The van der Waals surface area contributed by atoms with Crippen molar-refractivity contribution in [3.63, 3.8) is 0 Å². The van der Waals surface area contributed by atoms with E-state index in [1.54, 1.807) is 28.8 Å². The van der Waals surface area contributed by atoms with Gasteiger partial charge in [-0.2, -0.15) is 0 Å². The second kappa shape index (κ2) is 7.87. The molecule has 1 aromatic rings. The number of carbonyl (C=O) groups is 2. The van der Waals surface area contributed by atoms with E-state index in [2.05, 4.69) is 19.9 Å². The van der Waals surface area contributed by atoms with Crippen molar-refractivity contribution in [3.8, 4) is 0 Å². The number of allylic oxidation sites excluding steroid dienone is 2. The molecule has 1 saturated heterocycles. The fourth-order valence-corrected chi connectivity index (χ4v) is 5.45. The van der Waals surface area contributed by atoms with Gasteiger partial charge in [0, 0.05) is 11.3 Å². The van der Waals surface area contributed by atoms with Crippen LogP contribution in [0.15, 0.2) is 42.0 Å². The first kappa shape index (κ1) is 19.0. The summed E-state index contributed by atoms with van der Waals surface area (Å²) >= 11 is 1.66. The molecule has 0 bridgehead atoms. The van der Waals surface area contributed by atoms with Gasteiger partial charge in [-0.15, -0.1) is 11.8 Å². The third kappa shape index (κ3) is 3.83. The van der Waals surface area contributed by atoms with Gasteiger partial charge in [0.1, 0.15) is 6.04 Å². The summed E-state index contributed by atoms with van der Waals surface area (Å²) in [6.45, 7) is 4.43. The van der Waals surface area contributed by atoms with Crippen LogP contribution >= 0.6 is 11.8 Å². The van der Waals surface area contributed by atoms with Crippen LogP contribution in [-0.2, 0) is 4.79 Å². The Kier molecular flexibility index (Phi) is 5.76. The molecule has 1 aromatic carbocycles. The predicted octanol–water partition coefficient (Wildman–Crippen LogP) is 4.57. The normalized spacial score (nSPS) is 25.7. The first-order valence-electron chi connectivity index (χ1n) is 9.36. The molecule has 2 aliphatic rings. The number of carboxylic acids is 1. The molecule has 3 rings (SSSR count). The van der Waals surface area contributed by atoms with E-state index in [1.165, 1.54) is 5.57 Å². The maximum atomic E-state index is 13.2. The highest BCUT2D eigenvalue weighted by molar-refractivity contribution is 8.01. The van der Waals surface area contributed by atoms with Crippen LogP contribution in [0.5, 0.6) is 0 Å². The quantitative estimate of drug-likeness (QED) is 0.786. The smallest absolute Gasteiger partial charge is 0.327 e. The van der Waals surface area contributed by atoms with Gasteiger partial charge < -0.3 is 10.0 Å². The van der Waals surface area contributed by atoms with Gasteiger partial charge >= 0.3 is 5.97 Å². The van der Waals surface area contributed by atoms with Gasteiger partial charge in [0.2, 0.25) is 0 Å². The highest BCUT2D eigenvalue weighted by Gasteiger charge is 2.52. The second-order valence-corrected chi connectivity index (χ2v) is 9.03. The van der Waals surface area contributed by atoms with Crippen molar-refractivity contribution in [2.24, 2.45) is 5.92 Å². The topological polar surface area (TPSA) is 57.6 Å². The van der Waals surface area contributed by atoms with Gasteiger partial charge in [-0.1, -0.05) is 43.7 Å². The molecule has 1 spiro atoms. The molecule has 140 valence electrons. The molecule has 1 saturated carbocycles. The van der Waals surface area contributed by atoms with Crippen LogP contribution in [0.4, 0.5) is 0 Å². The summed E-state index contributed by atoms with van der Waals surface area (Å²) in [6, 6.07) is 8.32. The monoisotopic (exact) mass is 373 g/mol. The van der Waals surface area contributed by atoms with Gasteiger partial charge in [-0.3, -0.25) is 4.79 Å². The fraction of sp³-hybridized carbons (Fsp3) is 0.524. The second-order valence-electron chi connectivity index (χ2n) is 7.64. The largest absolute Gasteiger partial charge is 0.480 e. The minimum absolute atomic E-state index is 0.155. The van der Waals surface area contributed by atoms with Crippen LogP contribution < -0.4 is 0 Å². The average molecular weight is 374 g/mol. The number of hydrogen-bond acceptors (Lipinski definition) is 3. The molecule has 5 heteroatoms. The highest BCUT2D eigenvalue weighted by atomic mass is 32.2. The van der Waals surface area contributed by atoms with E-state index in [9.17, 15) is 14.7 Å². The lowest BCUT2D eigenvalue weighted by Gasteiger charge is -2.42. The summed E-state index contributed by atoms with van der Waals surface area (Å²) in [4.78, 5) is 26.3. The average Bonchev–Trinajstić information content (AvgIpc) is 3.00. The minimum atomic E-state index is -0.903. The molecule has 26 heavy (non-hydrogen) atoms. The Morgan fingerprint density at radius 1 is 1.27 bits per heavy atom. The van der Waals surface area contributed by atoms with Crippen molar-refractivity contribution in [1.29, 1.82) is 0 Å². The van der Waals surface area contributed by atoms with Crippen molar-refractivity contribution in [1.82, 2.24) is 4.90 Å². The molecule has 1 unspecified atom stereocenters. The zero-order valence-corrected chi connectivity index (χ0v) is 16.3. The third-order valence-electron chi connectivity index (χ3n) is 5.34. The molecule has 1 atom stereocenters. The predicted molar refractivity (Wildman–Crippen MR) is 105 cm³/mol. The van der Waals surface area contributed by atoms with E-state index in [0.717, 1.165) is 32.1 Å². The first-order chi connectivity index (χ1) is 12.4. The number of rotatable bonds is 4. The zero-order chi connectivity index (χ0) is 18.7. The first-order valence-corrected chi connectivity index (χ1v) is 10.3. The SMILES string of the molecule is CC(C)CC=C1CCC2(CC1)SCC(C(=O)O)N2C(=O)c1ccccc1. The third-order valence-corrected chi connectivity index (χ3v) is 6.96. The van der Waals surface area contributed by atoms with Gasteiger partial charge in [-0.05, 0) is 50.2 Å². The van der Waals surface area contributed by atoms with Crippen LogP contribution in [0.3, 0.4) is 0 Å². The van der Waals surface area contributed by atoms with Crippen LogP contribution in [0, 0.1) is 5.92 Å². The van der Waals surface area contributed by atoms with E-state index in [-0.39, 0.29) is 10.8 Å². The van der Waals surface area contributed by atoms with Crippen molar-refractivity contribution in [2.45, 2.75) is 56.9 Å². The van der Waals surface area contributed by atoms with E-state index in [1.807, 2.05) is 18.2 Å². The molecule has 1 N–H and O–H groups in total. The Hall–Kier alpha value is -1.75. The molecule has 1 heterocycles. The number of aliphatic carboxylic acids is 1. The Morgan fingerprint density at radius 2 is 1.92 bits per heavy atom. The summed E-state index contributed by atoms with van der Waals surface area (Å²) in [5.41, 5.74) is 2.03. The highest BCUT2D eigenvalue weighted by Crippen LogP contribution is 2.50. The lowest BCUT2D eigenvalue weighted by Crippen LogP contribution is -2.53. The van der Waals surface area contributed by atoms with Crippen LogP contribution in [0.25, 0.3) is 0 Å². The maximum absolute atomic E-state index is 13.2. The van der Waals surface area contributed by atoms with Crippen LogP contribution in [0.2, 0.25) is 0 Å². The van der Waals surface area contributed by atoms with Crippen LogP contribution in [0.1, 0.15) is 56.3 Å². The number of thioether (sulfide) groups is 1. The summed E-state index contributed by atoms with van der Waals surface area (Å²) in [7, 11) is 0. The standard InChI is InChI=1S/C21H27NO3S/c1-15(2)8-9-16-10-12-21(13-11-16)22(18(14-26-21)20(24)25)19(23)17-6-4-3-5-7-17/h3-7,9,15,18H,8,10-14H2,1-2H3,(H,24,25). The van der Waals surface area contributed by atoms with Gasteiger partial charge in [0.05, 0.1) is 4.87 Å². The lowest BCUT2D eigenvalue weighted by molar-refractivity contribution is -0.142. The molecule has 0 radical (unpaired) electrons. The molecule has 1 aliphatic carbocycles. The fourth-order valence-electron chi connectivity index (χ4n) is 3.84. The Balaban J connectivity index is 1.83. The van der Waals surface area contributed by atoms with Crippen molar-refractivity contribution < 1.29 is 14.7 Å². The van der Waals surface area contributed by atoms with Crippen molar-refractivity contribution in [3.05, 3.63) is 47.5 Å². The lowest BCUT2D eigenvalue weighted by atomic mass is 9.87. The molecule has 2 fully saturated rings. The Morgan fingerprint density at radius 3 is 2.50 bits per heavy atom. The van der Waals surface area contributed by atoms with E-state index >= 15 is 0 Å². The van der Waals surface area contributed by atoms with Crippen molar-refractivity contribution >= 4 is 23.6 Å². The number of carbonyl (C=O) groups excluding carboxylic acids is 1. The molecule has 4 nitrogen and oxygen atoms in total. The molecular weight excluding hydrogens is 346 g/mol. The van der Waals surface area contributed by atoms with Crippen LogP contribution in [-0.4, -0.2) is 38.5 Å². The van der Waals surface area contributed by atoms with E-state index in [4.69, 9.17) is 0 Å². The zero-order valence-electron chi connectivity index (χ0n) is 15.5. The van der Waals surface area contributed by atoms with Gasteiger partial charge in [0.15, 0.2) is 0 Å². The summed E-state index contributed by atoms with van der Waals surface area (Å²) in [5.74, 6) is 0.0584. The summed E-state index contributed by atoms with van der Waals surface area (Å²) in [6.07, 6.45) is 7.00. The molecule has 0 aromatic heterocycles. The van der Waals surface area contributed by atoms with Gasteiger partial charge in [-0.25, -0.2) is 4.79 Å². The molecule has 1 amide bonds. The minimum Gasteiger partial charge on any atom is -0.480 e. The summed E-state index contributed by atoms with van der Waals surface area (Å²) in [5, 5.41) is 9.67. The molecule has 1 aliphatic heterocycles. The van der Waals surface area contributed by atoms with E-state index in [0.29, 0.717) is 17.2 Å². The number of hydrogen-bond donors (Lipinski definition) is 1. The maximum Gasteiger partial charge on any atom is 0.327 e.